The molecule has 0 saturated heterocycles. The largest absolute Gasteiger partial charge is 0.489 e. The second-order valence-corrected chi connectivity index (χ2v) is 7.42. The Morgan fingerprint density at radius 3 is 2.19 bits per heavy atom. The Hall–Kier alpha value is -2.13. The Morgan fingerprint density at radius 1 is 0.923 bits per heavy atom. The first kappa shape index (κ1) is 18.7. The van der Waals surface area contributed by atoms with E-state index in [4.69, 9.17) is 4.74 Å². The van der Waals surface area contributed by atoms with Crippen molar-refractivity contribution < 1.29 is 4.74 Å². The number of rotatable bonds is 9. The van der Waals surface area contributed by atoms with E-state index < -0.39 is 0 Å². The summed E-state index contributed by atoms with van der Waals surface area (Å²) in [6, 6.07) is 17.1. The van der Waals surface area contributed by atoms with E-state index in [1.54, 1.807) is 11.3 Å². The van der Waals surface area contributed by atoms with Crippen molar-refractivity contribution in [1.82, 2.24) is 4.98 Å². The van der Waals surface area contributed by atoms with Crippen molar-refractivity contribution in [3.8, 4) is 17.0 Å². The fourth-order valence-electron chi connectivity index (χ4n) is 3.30. The fourth-order valence-corrected chi connectivity index (χ4v) is 3.87. The second kappa shape index (κ2) is 9.54. The van der Waals surface area contributed by atoms with Gasteiger partial charge >= 0.3 is 0 Å². The maximum Gasteiger partial charge on any atom is 0.119 e. The first-order valence-corrected chi connectivity index (χ1v) is 10.4. The summed E-state index contributed by atoms with van der Waals surface area (Å²) < 4.78 is 5.94. The number of ether oxygens (including phenoxy) is 1. The third kappa shape index (κ3) is 4.95. The predicted molar refractivity (Wildman–Crippen MR) is 111 cm³/mol. The van der Waals surface area contributed by atoms with Crippen LogP contribution in [0.3, 0.4) is 0 Å². The maximum absolute atomic E-state index is 5.94. The van der Waals surface area contributed by atoms with Crippen LogP contribution in [-0.2, 0) is 6.61 Å². The number of aromatic nitrogens is 1. The molecule has 2 nitrogen and oxygen atoms in total. The normalized spacial score (nSPS) is 11.0. The maximum atomic E-state index is 5.94. The van der Waals surface area contributed by atoms with Gasteiger partial charge in [-0.15, -0.1) is 11.3 Å². The van der Waals surface area contributed by atoms with Crippen molar-refractivity contribution in [3.05, 3.63) is 70.5 Å². The first-order valence-electron chi connectivity index (χ1n) is 9.50. The van der Waals surface area contributed by atoms with Crippen molar-refractivity contribution in [2.75, 3.05) is 0 Å². The van der Waals surface area contributed by atoms with E-state index >= 15 is 0 Å². The summed E-state index contributed by atoms with van der Waals surface area (Å²) in [6.07, 6.45) is 5.03. The van der Waals surface area contributed by atoms with Gasteiger partial charge in [0, 0.05) is 10.9 Å². The molecule has 1 heterocycles. The average molecular weight is 366 g/mol. The molecule has 0 atom stereocenters. The van der Waals surface area contributed by atoms with E-state index in [9.17, 15) is 0 Å². The molecule has 0 aliphatic heterocycles. The minimum Gasteiger partial charge on any atom is -0.489 e. The van der Waals surface area contributed by atoms with Crippen molar-refractivity contribution in [2.24, 2.45) is 0 Å². The van der Waals surface area contributed by atoms with Crippen molar-refractivity contribution in [3.63, 3.8) is 0 Å². The van der Waals surface area contributed by atoms with Gasteiger partial charge in [-0.3, -0.25) is 0 Å². The number of benzene rings is 2. The van der Waals surface area contributed by atoms with Crippen LogP contribution in [0.15, 0.2) is 59.4 Å². The molecule has 26 heavy (non-hydrogen) atoms. The van der Waals surface area contributed by atoms with Gasteiger partial charge in [-0.25, -0.2) is 4.98 Å². The minimum atomic E-state index is 0.600. The van der Waals surface area contributed by atoms with Gasteiger partial charge in [-0.2, -0.15) is 0 Å². The Kier molecular flexibility index (Phi) is 6.84. The van der Waals surface area contributed by atoms with Gasteiger partial charge in [0.2, 0.25) is 0 Å². The van der Waals surface area contributed by atoms with Gasteiger partial charge in [0.1, 0.15) is 12.4 Å². The Bertz CT molecular complexity index is 757. The fraction of sp³-hybridized carbons (Fsp3) is 0.348. The van der Waals surface area contributed by atoms with Gasteiger partial charge in [0.15, 0.2) is 0 Å². The summed E-state index contributed by atoms with van der Waals surface area (Å²) >= 11 is 1.61. The molecule has 0 radical (unpaired) electrons. The molecule has 0 amide bonds. The van der Waals surface area contributed by atoms with Gasteiger partial charge in [0.25, 0.3) is 0 Å². The van der Waals surface area contributed by atoms with Crippen LogP contribution in [-0.4, -0.2) is 4.98 Å². The lowest BCUT2D eigenvalue weighted by Crippen LogP contribution is -2.00. The first-order chi connectivity index (χ1) is 12.8. The molecular weight excluding hydrogens is 338 g/mol. The summed E-state index contributed by atoms with van der Waals surface area (Å²) in [5.74, 6) is 1.58. The van der Waals surface area contributed by atoms with Crippen LogP contribution in [0.2, 0.25) is 0 Å². The summed E-state index contributed by atoms with van der Waals surface area (Å²) in [7, 11) is 0. The molecule has 2 aromatic carbocycles. The highest BCUT2D eigenvalue weighted by Crippen LogP contribution is 2.27. The zero-order chi connectivity index (χ0) is 18.2. The molecule has 3 rings (SSSR count). The zero-order valence-corrected chi connectivity index (χ0v) is 16.5. The van der Waals surface area contributed by atoms with Crippen molar-refractivity contribution >= 4 is 11.3 Å². The smallest absolute Gasteiger partial charge is 0.119 e. The van der Waals surface area contributed by atoms with Crippen molar-refractivity contribution in [2.45, 2.75) is 52.1 Å². The Morgan fingerprint density at radius 2 is 1.62 bits per heavy atom. The number of hydrogen-bond acceptors (Lipinski definition) is 3. The standard InChI is InChI=1S/C23H27NOS/c1-3-5-19(6-4-2)20-9-7-18(8-10-20)15-25-22-13-11-21(12-14-22)23-16-26-17-24-23/h7-14,16-17,19H,3-6,15H2,1-2H3. The zero-order valence-electron chi connectivity index (χ0n) is 15.7. The molecule has 1 aromatic heterocycles. The molecule has 0 fully saturated rings. The molecule has 0 spiro atoms. The number of hydrogen-bond donors (Lipinski definition) is 0. The molecule has 0 aliphatic rings. The highest BCUT2D eigenvalue weighted by molar-refractivity contribution is 7.07. The SMILES string of the molecule is CCCC(CCC)c1ccc(COc2ccc(-c3cscn3)cc2)cc1. The van der Waals surface area contributed by atoms with E-state index in [0.717, 1.165) is 17.0 Å². The van der Waals surface area contributed by atoms with E-state index in [0.29, 0.717) is 12.5 Å². The summed E-state index contributed by atoms with van der Waals surface area (Å²) in [6.45, 7) is 5.14. The van der Waals surface area contributed by atoms with Crippen LogP contribution >= 0.6 is 11.3 Å². The Balaban J connectivity index is 1.57. The molecule has 0 bridgehead atoms. The van der Waals surface area contributed by atoms with Gasteiger partial charge in [0.05, 0.1) is 11.2 Å². The lowest BCUT2D eigenvalue weighted by atomic mass is 9.90. The molecule has 0 N–H and O–H groups in total. The third-order valence-electron chi connectivity index (χ3n) is 4.71. The van der Waals surface area contributed by atoms with Gasteiger partial charge in [-0.1, -0.05) is 51.0 Å². The second-order valence-electron chi connectivity index (χ2n) is 6.70. The molecule has 136 valence electrons. The van der Waals surface area contributed by atoms with E-state index in [-0.39, 0.29) is 0 Å². The van der Waals surface area contributed by atoms with Crippen LogP contribution in [0.25, 0.3) is 11.3 Å². The van der Waals surface area contributed by atoms with E-state index in [1.807, 2.05) is 17.6 Å². The van der Waals surface area contributed by atoms with E-state index in [1.165, 1.54) is 36.8 Å². The minimum absolute atomic E-state index is 0.600. The molecule has 0 unspecified atom stereocenters. The quantitative estimate of drug-likeness (QED) is 0.404. The summed E-state index contributed by atoms with van der Waals surface area (Å²) in [4.78, 5) is 4.34. The van der Waals surface area contributed by atoms with Crippen LogP contribution in [0.1, 0.15) is 56.6 Å². The predicted octanol–water partition coefficient (Wildman–Crippen LogP) is 7.07. The van der Waals surface area contributed by atoms with Crippen molar-refractivity contribution in [1.29, 1.82) is 0 Å². The monoisotopic (exact) mass is 365 g/mol. The highest BCUT2D eigenvalue weighted by atomic mass is 32.1. The number of nitrogens with zero attached hydrogens (tertiary/aromatic N) is 1. The lowest BCUT2D eigenvalue weighted by molar-refractivity contribution is 0.306. The third-order valence-corrected chi connectivity index (χ3v) is 5.30. The Labute approximate surface area is 160 Å². The lowest BCUT2D eigenvalue weighted by Gasteiger charge is -2.16. The molecule has 3 aromatic rings. The van der Waals surface area contributed by atoms with Crippen LogP contribution in [0.4, 0.5) is 0 Å². The van der Waals surface area contributed by atoms with E-state index in [2.05, 4.69) is 60.6 Å². The van der Waals surface area contributed by atoms with Crippen LogP contribution in [0.5, 0.6) is 5.75 Å². The average Bonchev–Trinajstić information content (AvgIpc) is 3.22. The number of thiazole rings is 1. The molecular formula is C23H27NOS. The van der Waals surface area contributed by atoms with Crippen LogP contribution in [0, 0.1) is 0 Å². The topological polar surface area (TPSA) is 22.1 Å². The molecule has 0 saturated carbocycles. The van der Waals surface area contributed by atoms with Gasteiger partial charge < -0.3 is 4.74 Å². The van der Waals surface area contributed by atoms with Gasteiger partial charge in [-0.05, 0) is 54.2 Å². The van der Waals surface area contributed by atoms with Crippen LogP contribution < -0.4 is 4.74 Å². The summed E-state index contributed by atoms with van der Waals surface area (Å²) in [5.41, 5.74) is 6.68. The molecule has 0 aliphatic carbocycles. The highest BCUT2D eigenvalue weighted by Gasteiger charge is 2.09. The summed E-state index contributed by atoms with van der Waals surface area (Å²) in [5, 5.41) is 2.06. The molecule has 3 heteroatoms.